The molecule has 1 amide bonds. The van der Waals surface area contributed by atoms with Crippen molar-refractivity contribution in [3.05, 3.63) is 24.3 Å². The van der Waals surface area contributed by atoms with Gasteiger partial charge in [0.15, 0.2) is 11.5 Å². The van der Waals surface area contributed by atoms with E-state index in [1.54, 1.807) is 6.20 Å². The highest BCUT2D eigenvalue weighted by Gasteiger charge is 2.42. The quantitative estimate of drug-likeness (QED) is 0.774. The molecule has 29 heavy (non-hydrogen) atoms. The highest BCUT2D eigenvalue weighted by Crippen LogP contribution is 2.38. The topological polar surface area (TPSA) is 63.0 Å². The Morgan fingerprint density at radius 1 is 1.10 bits per heavy atom. The third kappa shape index (κ3) is 3.47. The van der Waals surface area contributed by atoms with Crippen LogP contribution in [0.1, 0.15) is 51.4 Å². The number of carbonyl (C=O) groups is 1. The van der Waals surface area contributed by atoms with Gasteiger partial charge in [-0.1, -0.05) is 19.3 Å². The van der Waals surface area contributed by atoms with Gasteiger partial charge in [-0.3, -0.25) is 4.79 Å². The van der Waals surface area contributed by atoms with E-state index in [1.165, 1.54) is 42.8 Å². The number of aromatic nitrogens is 3. The molecule has 3 aliphatic rings. The average molecular weight is 401 g/mol. The monoisotopic (exact) mass is 401 g/mol. The fraction of sp³-hybridized carbons (Fsp3) is 0.667. The van der Waals surface area contributed by atoms with Crippen LogP contribution in [-0.2, 0) is 9.53 Å². The second kappa shape index (κ2) is 7.89. The second-order valence-corrected chi connectivity index (χ2v) is 8.44. The maximum Gasteiger partial charge on any atom is 0.226 e. The number of anilines is 1. The van der Waals surface area contributed by atoms with Gasteiger partial charge in [0.1, 0.15) is 12.0 Å². The highest BCUT2D eigenvalue weighted by molar-refractivity contribution is 5.78. The number of amides is 1. The molecular formula is C21H28FN5O2. The molecule has 2 aromatic rings. The first kappa shape index (κ1) is 18.8. The number of nitrogens with zero attached hydrogens (tertiary/aromatic N) is 5. The zero-order valence-corrected chi connectivity index (χ0v) is 16.7. The number of fused-ring (bicyclic) bond motifs is 2. The first-order valence-corrected chi connectivity index (χ1v) is 10.9. The van der Waals surface area contributed by atoms with Crippen LogP contribution in [-0.4, -0.2) is 57.4 Å². The van der Waals surface area contributed by atoms with Crippen LogP contribution in [0.3, 0.4) is 0 Å². The van der Waals surface area contributed by atoms with Gasteiger partial charge in [-0.2, -0.15) is 9.61 Å². The fourth-order valence-corrected chi connectivity index (χ4v) is 5.39. The van der Waals surface area contributed by atoms with Crippen LogP contribution in [0, 0.1) is 11.7 Å². The second-order valence-electron chi connectivity index (χ2n) is 8.44. The first-order chi connectivity index (χ1) is 14.2. The molecule has 4 heterocycles. The van der Waals surface area contributed by atoms with Crippen molar-refractivity contribution in [2.24, 2.45) is 5.92 Å². The number of hydrogen-bond donors (Lipinski definition) is 0. The molecule has 0 N–H and O–H groups in total. The molecule has 2 atom stereocenters. The van der Waals surface area contributed by atoms with Gasteiger partial charge < -0.3 is 14.5 Å². The summed E-state index contributed by atoms with van der Waals surface area (Å²) >= 11 is 0. The minimum absolute atomic E-state index is 0.103. The van der Waals surface area contributed by atoms with Crippen LogP contribution >= 0.6 is 0 Å². The van der Waals surface area contributed by atoms with Gasteiger partial charge in [0.25, 0.3) is 0 Å². The van der Waals surface area contributed by atoms with Crippen molar-refractivity contribution < 1.29 is 13.9 Å². The Morgan fingerprint density at radius 2 is 1.97 bits per heavy atom. The van der Waals surface area contributed by atoms with Gasteiger partial charge in [0.05, 0.1) is 12.8 Å². The molecule has 0 spiro atoms. The van der Waals surface area contributed by atoms with Gasteiger partial charge in [0.2, 0.25) is 5.91 Å². The Kier molecular flexibility index (Phi) is 5.11. The third-order valence-electron chi connectivity index (χ3n) is 6.79. The maximum absolute atomic E-state index is 13.9. The Balaban J connectivity index is 1.36. The number of hydrogen-bond acceptors (Lipinski definition) is 5. The van der Waals surface area contributed by atoms with Crippen LogP contribution in [0.25, 0.3) is 5.65 Å². The van der Waals surface area contributed by atoms with Crippen LogP contribution in [0.4, 0.5) is 10.2 Å². The largest absolute Gasteiger partial charge is 0.356 e. The smallest absolute Gasteiger partial charge is 0.226 e. The Morgan fingerprint density at radius 3 is 2.83 bits per heavy atom. The summed E-state index contributed by atoms with van der Waals surface area (Å²) in [5.74, 6) is 1.08. The van der Waals surface area contributed by atoms with E-state index in [-0.39, 0.29) is 17.8 Å². The van der Waals surface area contributed by atoms with Crippen molar-refractivity contribution in [2.45, 2.75) is 63.6 Å². The minimum Gasteiger partial charge on any atom is -0.356 e. The number of carbonyl (C=O) groups excluding carboxylic acids is 1. The standard InChI is InChI=1S/C21H28FN5O2/c22-16-14-24-27-18(8-10-23-21(16)27)25-11-9-19(28)26-17(15-4-2-1-3-5-15)6-7-20(26)29-13-12-25/h8,10,14-15,17,20H,1-7,9,11-13H2/t17-,20+/m0/s1. The van der Waals surface area contributed by atoms with E-state index >= 15 is 0 Å². The molecule has 1 saturated carbocycles. The van der Waals surface area contributed by atoms with Gasteiger partial charge in [-0.25, -0.2) is 9.37 Å². The molecule has 156 valence electrons. The van der Waals surface area contributed by atoms with Crippen molar-refractivity contribution in [1.82, 2.24) is 19.5 Å². The molecule has 1 aliphatic carbocycles. The van der Waals surface area contributed by atoms with Crippen molar-refractivity contribution in [3.8, 4) is 0 Å². The molecule has 2 saturated heterocycles. The highest BCUT2D eigenvalue weighted by atomic mass is 19.1. The lowest BCUT2D eigenvalue weighted by Crippen LogP contribution is -2.46. The van der Waals surface area contributed by atoms with E-state index in [0.29, 0.717) is 38.1 Å². The van der Waals surface area contributed by atoms with Gasteiger partial charge in [0, 0.05) is 31.7 Å². The van der Waals surface area contributed by atoms with Crippen molar-refractivity contribution in [2.75, 3.05) is 24.6 Å². The summed E-state index contributed by atoms with van der Waals surface area (Å²) in [4.78, 5) is 21.4. The van der Waals surface area contributed by atoms with Crippen molar-refractivity contribution >= 4 is 17.4 Å². The lowest BCUT2D eigenvalue weighted by Gasteiger charge is -2.36. The summed E-state index contributed by atoms with van der Waals surface area (Å²) in [5.41, 5.74) is 0.201. The predicted molar refractivity (Wildman–Crippen MR) is 106 cm³/mol. The van der Waals surface area contributed by atoms with Crippen LogP contribution in [0.5, 0.6) is 0 Å². The SMILES string of the molecule is O=C1CCN(c2ccnc3c(F)cnn23)CCO[C@@H]2CC[C@@H](C3CCCCC3)N12. The number of halogens is 1. The molecule has 0 bridgehead atoms. The van der Waals surface area contributed by atoms with Crippen LogP contribution in [0.15, 0.2) is 18.5 Å². The maximum atomic E-state index is 13.9. The molecule has 0 radical (unpaired) electrons. The number of rotatable bonds is 2. The van der Waals surface area contributed by atoms with E-state index < -0.39 is 5.82 Å². The molecular weight excluding hydrogens is 373 g/mol. The zero-order valence-electron chi connectivity index (χ0n) is 16.7. The molecule has 8 heteroatoms. The summed E-state index contributed by atoms with van der Waals surface area (Å²) in [6, 6.07) is 2.14. The summed E-state index contributed by atoms with van der Waals surface area (Å²) < 4.78 is 21.6. The Hall–Kier alpha value is -2.22. The lowest BCUT2D eigenvalue weighted by molar-refractivity contribution is -0.146. The average Bonchev–Trinajstić information content (AvgIpc) is 3.35. The van der Waals surface area contributed by atoms with E-state index in [0.717, 1.165) is 18.7 Å². The molecule has 3 fully saturated rings. The summed E-state index contributed by atoms with van der Waals surface area (Å²) in [6.07, 6.45) is 11.4. The van der Waals surface area contributed by atoms with Crippen molar-refractivity contribution in [3.63, 3.8) is 0 Å². The predicted octanol–water partition coefficient (Wildman–Crippen LogP) is 2.99. The minimum atomic E-state index is -0.445. The first-order valence-electron chi connectivity index (χ1n) is 10.9. The fourth-order valence-electron chi connectivity index (χ4n) is 5.39. The lowest BCUT2D eigenvalue weighted by atomic mass is 9.83. The van der Waals surface area contributed by atoms with Gasteiger partial charge in [-0.15, -0.1) is 0 Å². The molecule has 2 aliphatic heterocycles. The summed E-state index contributed by atoms with van der Waals surface area (Å²) in [6.45, 7) is 1.72. The number of ether oxygens (including phenoxy) is 1. The third-order valence-corrected chi connectivity index (χ3v) is 6.79. The molecule has 5 rings (SSSR count). The van der Waals surface area contributed by atoms with Crippen LogP contribution in [0.2, 0.25) is 0 Å². The van der Waals surface area contributed by atoms with E-state index in [4.69, 9.17) is 4.74 Å². The van der Waals surface area contributed by atoms with Crippen LogP contribution < -0.4 is 4.90 Å². The van der Waals surface area contributed by atoms with E-state index in [2.05, 4.69) is 19.9 Å². The molecule has 0 unspecified atom stereocenters. The molecule has 7 nitrogen and oxygen atoms in total. The van der Waals surface area contributed by atoms with Gasteiger partial charge in [-0.05, 0) is 37.7 Å². The van der Waals surface area contributed by atoms with Gasteiger partial charge >= 0.3 is 0 Å². The normalized spacial score (nSPS) is 27.0. The van der Waals surface area contributed by atoms with E-state index in [9.17, 15) is 9.18 Å². The van der Waals surface area contributed by atoms with E-state index in [1.807, 2.05) is 6.07 Å². The summed E-state index contributed by atoms with van der Waals surface area (Å²) in [7, 11) is 0. The Labute approximate surface area is 169 Å². The van der Waals surface area contributed by atoms with Crippen molar-refractivity contribution in [1.29, 1.82) is 0 Å². The Bertz CT molecular complexity index is 881. The zero-order chi connectivity index (χ0) is 19.8. The summed E-state index contributed by atoms with van der Waals surface area (Å²) in [5, 5.41) is 4.12. The molecule has 0 aromatic carbocycles. The molecule has 2 aromatic heterocycles.